The van der Waals surface area contributed by atoms with E-state index in [0.717, 1.165) is 11.1 Å². The minimum atomic E-state index is -0.171. The van der Waals surface area contributed by atoms with E-state index in [4.69, 9.17) is 16.1 Å². The molecule has 2 aromatic heterocycles. The number of aromatic nitrogens is 1. The maximum Gasteiger partial charge on any atom is 0.276 e. The SMILES string of the molecule is CN(Cc1ccsc1)C(=O)c1cc(-c2ccc(Cl)cc2)on1. The summed E-state index contributed by atoms with van der Waals surface area (Å²) in [4.78, 5) is 14.0. The second kappa shape index (κ2) is 6.34. The summed E-state index contributed by atoms with van der Waals surface area (Å²) in [7, 11) is 1.75. The lowest BCUT2D eigenvalue weighted by atomic mass is 10.1. The highest BCUT2D eigenvalue weighted by Gasteiger charge is 2.18. The Morgan fingerprint density at radius 3 is 2.77 bits per heavy atom. The Labute approximate surface area is 136 Å². The molecule has 22 heavy (non-hydrogen) atoms. The van der Waals surface area contributed by atoms with Crippen LogP contribution < -0.4 is 0 Å². The Kier molecular flexibility index (Phi) is 4.27. The fourth-order valence-corrected chi connectivity index (χ4v) is 2.84. The summed E-state index contributed by atoms with van der Waals surface area (Å²) >= 11 is 7.47. The van der Waals surface area contributed by atoms with Crippen molar-refractivity contribution >= 4 is 28.8 Å². The quantitative estimate of drug-likeness (QED) is 0.714. The molecule has 0 spiro atoms. The lowest BCUT2D eigenvalue weighted by Crippen LogP contribution is -2.26. The molecule has 0 atom stereocenters. The van der Waals surface area contributed by atoms with E-state index in [9.17, 15) is 4.79 Å². The van der Waals surface area contributed by atoms with Gasteiger partial charge in [-0.25, -0.2) is 0 Å². The van der Waals surface area contributed by atoms with Crippen LogP contribution in [0.5, 0.6) is 0 Å². The Bertz CT molecular complexity index is 766. The van der Waals surface area contributed by atoms with Crippen LogP contribution in [-0.4, -0.2) is 23.0 Å². The minimum absolute atomic E-state index is 0.171. The van der Waals surface area contributed by atoms with E-state index in [-0.39, 0.29) is 5.91 Å². The van der Waals surface area contributed by atoms with Gasteiger partial charge >= 0.3 is 0 Å². The molecule has 0 saturated carbocycles. The number of carbonyl (C=O) groups excluding carboxylic acids is 1. The van der Waals surface area contributed by atoms with Crippen LogP contribution in [0.25, 0.3) is 11.3 Å². The van der Waals surface area contributed by atoms with Crippen molar-refractivity contribution in [1.82, 2.24) is 10.1 Å². The van der Waals surface area contributed by atoms with E-state index in [1.165, 1.54) is 0 Å². The third-order valence-electron chi connectivity index (χ3n) is 3.20. The molecule has 112 valence electrons. The lowest BCUT2D eigenvalue weighted by Gasteiger charge is -2.14. The normalized spacial score (nSPS) is 10.6. The van der Waals surface area contributed by atoms with Crippen LogP contribution in [0.1, 0.15) is 16.1 Å². The summed E-state index contributed by atoms with van der Waals surface area (Å²) < 4.78 is 5.26. The van der Waals surface area contributed by atoms with Crippen LogP contribution in [0, 0.1) is 0 Å². The number of nitrogens with zero attached hydrogens (tertiary/aromatic N) is 2. The number of halogens is 1. The molecule has 1 aromatic carbocycles. The molecular formula is C16H13ClN2O2S. The molecule has 0 bridgehead atoms. The smallest absolute Gasteiger partial charge is 0.276 e. The first kappa shape index (κ1) is 14.8. The van der Waals surface area contributed by atoms with Crippen molar-refractivity contribution in [3.05, 3.63) is 63.4 Å². The fraction of sp³-hybridized carbons (Fsp3) is 0.125. The van der Waals surface area contributed by atoms with Crippen LogP contribution in [0.4, 0.5) is 0 Å². The fourth-order valence-electron chi connectivity index (χ4n) is 2.05. The van der Waals surface area contributed by atoms with Crippen LogP contribution >= 0.6 is 22.9 Å². The molecule has 6 heteroatoms. The van der Waals surface area contributed by atoms with Crippen LogP contribution in [-0.2, 0) is 6.54 Å². The number of thiophene rings is 1. The summed E-state index contributed by atoms with van der Waals surface area (Å²) in [6.07, 6.45) is 0. The zero-order valence-corrected chi connectivity index (χ0v) is 13.4. The molecule has 0 saturated heterocycles. The molecule has 0 aliphatic carbocycles. The Hall–Kier alpha value is -2.11. The summed E-state index contributed by atoms with van der Waals surface area (Å²) in [6, 6.07) is 10.8. The molecule has 0 unspecified atom stereocenters. The van der Waals surface area contributed by atoms with Crippen molar-refractivity contribution in [3.8, 4) is 11.3 Å². The van der Waals surface area contributed by atoms with E-state index in [0.29, 0.717) is 23.0 Å². The zero-order valence-electron chi connectivity index (χ0n) is 11.8. The van der Waals surface area contributed by atoms with Gasteiger partial charge in [0.05, 0.1) is 0 Å². The van der Waals surface area contributed by atoms with Crippen LogP contribution in [0.2, 0.25) is 5.02 Å². The maximum atomic E-state index is 12.4. The number of carbonyl (C=O) groups is 1. The van der Waals surface area contributed by atoms with Gasteiger partial charge in [0.25, 0.3) is 5.91 Å². The lowest BCUT2D eigenvalue weighted by molar-refractivity contribution is 0.0775. The Balaban J connectivity index is 1.75. The second-order valence-corrected chi connectivity index (χ2v) is 6.09. The number of rotatable bonds is 4. The van der Waals surface area contributed by atoms with Gasteiger partial charge in [-0.3, -0.25) is 4.79 Å². The topological polar surface area (TPSA) is 46.3 Å². The van der Waals surface area contributed by atoms with E-state index in [2.05, 4.69) is 5.16 Å². The monoisotopic (exact) mass is 332 g/mol. The molecule has 1 amide bonds. The van der Waals surface area contributed by atoms with Gasteiger partial charge in [-0.1, -0.05) is 16.8 Å². The maximum absolute atomic E-state index is 12.4. The van der Waals surface area contributed by atoms with Gasteiger partial charge < -0.3 is 9.42 Å². The Morgan fingerprint density at radius 2 is 2.09 bits per heavy atom. The molecule has 0 N–H and O–H groups in total. The molecule has 3 rings (SSSR count). The average molecular weight is 333 g/mol. The van der Waals surface area contributed by atoms with Crippen LogP contribution in [0.3, 0.4) is 0 Å². The van der Waals surface area contributed by atoms with Gasteiger partial charge in [0, 0.05) is 30.2 Å². The molecule has 0 aliphatic rings. The summed E-state index contributed by atoms with van der Waals surface area (Å²) in [5.74, 6) is 0.374. The van der Waals surface area contributed by atoms with Crippen molar-refractivity contribution in [2.45, 2.75) is 6.54 Å². The molecule has 0 aliphatic heterocycles. The predicted molar refractivity (Wildman–Crippen MR) is 87.1 cm³/mol. The number of hydrogen-bond donors (Lipinski definition) is 0. The molecule has 3 aromatic rings. The highest BCUT2D eigenvalue weighted by atomic mass is 35.5. The van der Waals surface area contributed by atoms with E-state index in [1.807, 2.05) is 29.0 Å². The van der Waals surface area contributed by atoms with Crippen molar-refractivity contribution in [2.24, 2.45) is 0 Å². The van der Waals surface area contributed by atoms with Gasteiger partial charge in [-0.2, -0.15) is 11.3 Å². The third-order valence-corrected chi connectivity index (χ3v) is 4.19. The first-order valence-corrected chi connectivity index (χ1v) is 7.95. The van der Waals surface area contributed by atoms with Crippen molar-refractivity contribution < 1.29 is 9.32 Å². The van der Waals surface area contributed by atoms with Crippen molar-refractivity contribution in [3.63, 3.8) is 0 Å². The summed E-state index contributed by atoms with van der Waals surface area (Å²) in [5.41, 5.74) is 2.22. The van der Waals surface area contributed by atoms with Crippen LogP contribution in [0.15, 0.2) is 51.7 Å². The van der Waals surface area contributed by atoms with E-state index < -0.39 is 0 Å². The Morgan fingerprint density at radius 1 is 1.32 bits per heavy atom. The largest absolute Gasteiger partial charge is 0.355 e. The van der Waals surface area contributed by atoms with Gasteiger partial charge in [-0.05, 0) is 46.7 Å². The molecular weight excluding hydrogens is 320 g/mol. The first-order chi connectivity index (χ1) is 10.6. The molecule has 4 nitrogen and oxygen atoms in total. The van der Waals surface area contributed by atoms with Gasteiger partial charge in [0.15, 0.2) is 11.5 Å². The van der Waals surface area contributed by atoms with Gasteiger partial charge in [-0.15, -0.1) is 0 Å². The number of amides is 1. The zero-order chi connectivity index (χ0) is 15.5. The van der Waals surface area contributed by atoms with E-state index >= 15 is 0 Å². The second-order valence-electron chi connectivity index (χ2n) is 4.88. The minimum Gasteiger partial charge on any atom is -0.355 e. The molecule has 2 heterocycles. The predicted octanol–water partition coefficient (Wildman–Crippen LogP) is 4.33. The van der Waals surface area contributed by atoms with E-state index in [1.54, 1.807) is 41.5 Å². The highest BCUT2D eigenvalue weighted by Crippen LogP contribution is 2.23. The van der Waals surface area contributed by atoms with Crippen molar-refractivity contribution in [1.29, 1.82) is 0 Å². The first-order valence-electron chi connectivity index (χ1n) is 6.62. The molecule has 0 radical (unpaired) electrons. The molecule has 0 fully saturated rings. The van der Waals surface area contributed by atoms with Crippen molar-refractivity contribution in [2.75, 3.05) is 7.05 Å². The van der Waals surface area contributed by atoms with Gasteiger partial charge in [0.2, 0.25) is 0 Å². The number of hydrogen-bond acceptors (Lipinski definition) is 4. The number of benzene rings is 1. The summed E-state index contributed by atoms with van der Waals surface area (Å²) in [5, 5.41) is 8.52. The highest BCUT2D eigenvalue weighted by molar-refractivity contribution is 7.07. The standard InChI is InChI=1S/C16H13ClN2O2S/c1-19(9-11-6-7-22-10-11)16(20)14-8-15(21-18-14)12-2-4-13(17)5-3-12/h2-8,10H,9H2,1H3. The summed E-state index contributed by atoms with van der Waals surface area (Å²) in [6.45, 7) is 0.547. The average Bonchev–Trinajstić information content (AvgIpc) is 3.18. The third kappa shape index (κ3) is 3.21. The van der Waals surface area contributed by atoms with Gasteiger partial charge in [0.1, 0.15) is 0 Å².